The maximum atomic E-state index is 6.04. The summed E-state index contributed by atoms with van der Waals surface area (Å²) >= 11 is 0. The summed E-state index contributed by atoms with van der Waals surface area (Å²) in [7, 11) is 0. The number of hydrogen-bond donors (Lipinski definition) is 1. The monoisotopic (exact) mass is 265 g/mol. The number of hydrogen-bond acceptors (Lipinski definition) is 2. The Hall–Kier alpha value is -2.22. The topological polar surface area (TPSA) is 35.2 Å². The summed E-state index contributed by atoms with van der Waals surface area (Å²) in [5.74, 6) is 1.40. The summed E-state index contributed by atoms with van der Waals surface area (Å²) in [4.78, 5) is 0. The molecule has 1 aliphatic heterocycles. The molecule has 0 radical (unpaired) electrons. The first-order chi connectivity index (χ1) is 9.72. The maximum absolute atomic E-state index is 6.04. The smallest absolute Gasteiger partial charge is 0.127 e. The van der Waals surface area contributed by atoms with Gasteiger partial charge in [-0.3, -0.25) is 0 Å². The van der Waals surface area contributed by atoms with Gasteiger partial charge in [0.15, 0.2) is 0 Å². The zero-order valence-corrected chi connectivity index (χ0v) is 11.6. The molecule has 0 aliphatic carbocycles. The van der Waals surface area contributed by atoms with Crippen molar-refractivity contribution >= 4 is 11.8 Å². The third-order valence-electron chi connectivity index (χ3n) is 3.76. The first-order valence-electron chi connectivity index (χ1n) is 7.02. The molecule has 2 aromatic carbocycles. The maximum Gasteiger partial charge on any atom is 0.127 e. The van der Waals surface area contributed by atoms with E-state index in [1.807, 2.05) is 24.3 Å². The van der Waals surface area contributed by atoms with Crippen molar-refractivity contribution in [1.82, 2.24) is 0 Å². The van der Waals surface area contributed by atoms with E-state index in [1.54, 1.807) is 0 Å². The van der Waals surface area contributed by atoms with Gasteiger partial charge in [0.2, 0.25) is 0 Å². The molecule has 1 heterocycles. The Morgan fingerprint density at radius 1 is 1.15 bits per heavy atom. The number of ether oxygens (including phenoxy) is 1. The van der Waals surface area contributed by atoms with Crippen LogP contribution in [0.5, 0.6) is 5.75 Å². The Morgan fingerprint density at radius 2 is 1.95 bits per heavy atom. The van der Waals surface area contributed by atoms with Gasteiger partial charge in [-0.05, 0) is 42.2 Å². The van der Waals surface area contributed by atoms with Crippen LogP contribution in [0.1, 0.15) is 30.4 Å². The first-order valence-corrected chi connectivity index (χ1v) is 7.02. The van der Waals surface area contributed by atoms with Crippen LogP contribution in [0.2, 0.25) is 0 Å². The summed E-state index contributed by atoms with van der Waals surface area (Å²) in [6.07, 6.45) is 5.34. The Balaban J connectivity index is 1.71. The molecule has 2 N–H and O–H groups in total. The van der Waals surface area contributed by atoms with Crippen LogP contribution in [-0.4, -0.2) is 6.10 Å². The standard InChI is InChI=1S/C18H19NO/c1-13(14-5-3-2-4-6-14)11-17-9-7-15-12-16(19)8-10-18(15)20-17/h2-10,12-13,17H,11,19H2,1H3. The zero-order valence-electron chi connectivity index (χ0n) is 11.6. The molecule has 0 bridgehead atoms. The lowest BCUT2D eigenvalue weighted by molar-refractivity contribution is 0.226. The van der Waals surface area contributed by atoms with Crippen LogP contribution < -0.4 is 10.5 Å². The minimum absolute atomic E-state index is 0.126. The number of anilines is 1. The molecule has 2 atom stereocenters. The van der Waals surface area contributed by atoms with Gasteiger partial charge in [-0.15, -0.1) is 0 Å². The van der Waals surface area contributed by atoms with Crippen molar-refractivity contribution in [3.63, 3.8) is 0 Å². The summed E-state index contributed by atoms with van der Waals surface area (Å²) in [5.41, 5.74) is 8.97. The molecule has 0 amide bonds. The normalized spacial score (nSPS) is 18.1. The van der Waals surface area contributed by atoms with Crippen LogP contribution in [0.15, 0.2) is 54.6 Å². The summed E-state index contributed by atoms with van der Waals surface area (Å²) in [5, 5.41) is 0. The molecule has 2 nitrogen and oxygen atoms in total. The summed E-state index contributed by atoms with van der Waals surface area (Å²) < 4.78 is 6.04. The summed E-state index contributed by atoms with van der Waals surface area (Å²) in [6.45, 7) is 2.24. The van der Waals surface area contributed by atoms with Gasteiger partial charge in [0.1, 0.15) is 11.9 Å². The van der Waals surface area contributed by atoms with Crippen molar-refractivity contribution in [3.8, 4) is 5.75 Å². The van der Waals surface area contributed by atoms with Crippen LogP contribution in [0.25, 0.3) is 6.08 Å². The predicted molar refractivity (Wildman–Crippen MR) is 83.8 cm³/mol. The largest absolute Gasteiger partial charge is 0.486 e. The minimum atomic E-state index is 0.126. The molecule has 2 unspecified atom stereocenters. The van der Waals surface area contributed by atoms with E-state index in [2.05, 4.69) is 43.3 Å². The van der Waals surface area contributed by atoms with Gasteiger partial charge >= 0.3 is 0 Å². The fourth-order valence-electron chi connectivity index (χ4n) is 2.61. The number of nitrogens with two attached hydrogens (primary N) is 1. The van der Waals surface area contributed by atoms with Crippen LogP contribution in [0, 0.1) is 0 Å². The van der Waals surface area contributed by atoms with E-state index in [0.29, 0.717) is 5.92 Å². The van der Waals surface area contributed by atoms with Gasteiger partial charge in [-0.2, -0.15) is 0 Å². The van der Waals surface area contributed by atoms with Crippen LogP contribution >= 0.6 is 0 Å². The van der Waals surface area contributed by atoms with Gasteiger partial charge < -0.3 is 10.5 Å². The summed E-state index contributed by atoms with van der Waals surface area (Å²) in [6, 6.07) is 16.3. The van der Waals surface area contributed by atoms with Crippen molar-refractivity contribution in [3.05, 3.63) is 65.7 Å². The van der Waals surface area contributed by atoms with Gasteiger partial charge in [0, 0.05) is 11.3 Å². The van der Waals surface area contributed by atoms with Gasteiger partial charge in [0.05, 0.1) is 0 Å². The second-order valence-corrected chi connectivity index (χ2v) is 5.36. The molecule has 0 spiro atoms. The Labute approximate surface area is 119 Å². The third kappa shape index (κ3) is 2.69. The molecule has 0 fully saturated rings. The van der Waals surface area contributed by atoms with Gasteiger partial charge in [0.25, 0.3) is 0 Å². The Morgan fingerprint density at radius 3 is 2.75 bits per heavy atom. The van der Waals surface area contributed by atoms with E-state index in [0.717, 1.165) is 23.4 Å². The third-order valence-corrected chi connectivity index (χ3v) is 3.76. The molecular formula is C18H19NO. The van der Waals surface area contributed by atoms with Crippen molar-refractivity contribution < 1.29 is 4.74 Å². The molecule has 3 rings (SSSR count). The second-order valence-electron chi connectivity index (χ2n) is 5.36. The molecule has 2 heteroatoms. The molecular weight excluding hydrogens is 246 g/mol. The van der Waals surface area contributed by atoms with E-state index in [9.17, 15) is 0 Å². The lowest BCUT2D eigenvalue weighted by Gasteiger charge is -2.24. The molecule has 2 aromatic rings. The molecule has 1 aliphatic rings. The quantitative estimate of drug-likeness (QED) is 0.843. The highest BCUT2D eigenvalue weighted by Crippen LogP contribution is 2.31. The lowest BCUT2D eigenvalue weighted by Crippen LogP contribution is -2.19. The van der Waals surface area contributed by atoms with Crippen molar-refractivity contribution in [2.24, 2.45) is 0 Å². The van der Waals surface area contributed by atoms with Crippen LogP contribution in [0.3, 0.4) is 0 Å². The number of rotatable bonds is 3. The molecule has 0 saturated carbocycles. The van der Waals surface area contributed by atoms with Crippen molar-refractivity contribution in [1.29, 1.82) is 0 Å². The predicted octanol–water partition coefficient (Wildman–Crippen LogP) is 4.24. The zero-order chi connectivity index (χ0) is 13.9. The molecule has 0 saturated heterocycles. The van der Waals surface area contributed by atoms with E-state index in [4.69, 9.17) is 10.5 Å². The average Bonchev–Trinajstić information content (AvgIpc) is 2.48. The highest BCUT2D eigenvalue weighted by atomic mass is 16.5. The van der Waals surface area contributed by atoms with E-state index < -0.39 is 0 Å². The van der Waals surface area contributed by atoms with Gasteiger partial charge in [-0.25, -0.2) is 0 Å². The van der Waals surface area contributed by atoms with Crippen molar-refractivity contribution in [2.45, 2.75) is 25.4 Å². The van der Waals surface area contributed by atoms with Crippen LogP contribution in [-0.2, 0) is 0 Å². The number of nitrogen functional groups attached to an aromatic ring is 1. The van der Waals surface area contributed by atoms with E-state index in [1.165, 1.54) is 5.56 Å². The Kier molecular flexibility index (Phi) is 3.46. The minimum Gasteiger partial charge on any atom is -0.486 e. The fraction of sp³-hybridized carbons (Fsp3) is 0.222. The second kappa shape index (κ2) is 5.41. The van der Waals surface area contributed by atoms with E-state index >= 15 is 0 Å². The number of benzene rings is 2. The Bertz CT molecular complexity index is 619. The molecule has 102 valence electrons. The number of fused-ring (bicyclic) bond motifs is 1. The SMILES string of the molecule is CC(CC1C=Cc2cc(N)ccc2O1)c1ccccc1. The molecule has 0 aromatic heterocycles. The highest BCUT2D eigenvalue weighted by Gasteiger charge is 2.18. The molecule has 20 heavy (non-hydrogen) atoms. The average molecular weight is 265 g/mol. The van der Waals surface area contributed by atoms with Gasteiger partial charge in [-0.1, -0.05) is 43.3 Å². The first kappa shape index (κ1) is 12.8. The van der Waals surface area contributed by atoms with Crippen molar-refractivity contribution in [2.75, 3.05) is 5.73 Å². The van der Waals surface area contributed by atoms with E-state index in [-0.39, 0.29) is 6.10 Å². The fourth-order valence-corrected chi connectivity index (χ4v) is 2.61. The highest BCUT2D eigenvalue weighted by molar-refractivity contribution is 5.64. The van der Waals surface area contributed by atoms with Crippen LogP contribution in [0.4, 0.5) is 5.69 Å². The lowest BCUT2D eigenvalue weighted by atomic mass is 9.94.